The van der Waals surface area contributed by atoms with Gasteiger partial charge in [0.15, 0.2) is 0 Å². The Bertz CT molecular complexity index is 1370. The number of aromatic nitrogens is 2. The summed E-state index contributed by atoms with van der Waals surface area (Å²) in [5, 5.41) is 7.86. The van der Waals surface area contributed by atoms with Crippen molar-refractivity contribution in [2.45, 2.75) is 20.8 Å². The summed E-state index contributed by atoms with van der Waals surface area (Å²) in [7, 11) is 0. The summed E-state index contributed by atoms with van der Waals surface area (Å²) < 4.78 is 1.59. The molecule has 32 heavy (non-hydrogen) atoms. The van der Waals surface area contributed by atoms with Gasteiger partial charge in [-0.2, -0.15) is 5.10 Å². The number of hydrogen-bond acceptors (Lipinski definition) is 3. The predicted octanol–water partition coefficient (Wildman–Crippen LogP) is 5.73. The van der Waals surface area contributed by atoms with E-state index in [0.29, 0.717) is 33.1 Å². The fraction of sp³-hybridized carbons (Fsp3) is 0.115. The highest BCUT2D eigenvalue weighted by Crippen LogP contribution is 2.32. The van der Waals surface area contributed by atoms with Crippen molar-refractivity contribution < 1.29 is 4.79 Å². The summed E-state index contributed by atoms with van der Waals surface area (Å²) in [6.07, 6.45) is 0. The molecular formula is C26H22ClN3O2. The molecule has 0 bridgehead atoms. The number of carbonyl (C=O) groups excluding carboxylic acids is 1. The van der Waals surface area contributed by atoms with Gasteiger partial charge in [0, 0.05) is 16.1 Å². The molecule has 0 fully saturated rings. The molecule has 3 aromatic carbocycles. The predicted molar refractivity (Wildman–Crippen MR) is 129 cm³/mol. The van der Waals surface area contributed by atoms with E-state index in [1.54, 1.807) is 48.0 Å². The average Bonchev–Trinajstić information content (AvgIpc) is 2.78. The number of aryl methyl sites for hydroxylation is 3. The minimum atomic E-state index is -0.331. The Morgan fingerprint density at radius 1 is 0.906 bits per heavy atom. The van der Waals surface area contributed by atoms with Gasteiger partial charge in [0.2, 0.25) is 5.43 Å². The van der Waals surface area contributed by atoms with Crippen LogP contribution in [0.1, 0.15) is 27.2 Å². The van der Waals surface area contributed by atoms with Crippen LogP contribution >= 0.6 is 11.6 Å². The molecule has 0 saturated carbocycles. The van der Waals surface area contributed by atoms with Crippen LogP contribution in [0, 0.1) is 20.8 Å². The van der Waals surface area contributed by atoms with Crippen LogP contribution in [0.15, 0.2) is 77.6 Å². The van der Waals surface area contributed by atoms with E-state index in [2.05, 4.69) is 10.4 Å². The van der Waals surface area contributed by atoms with Crippen molar-refractivity contribution in [2.24, 2.45) is 0 Å². The molecule has 4 rings (SSSR count). The van der Waals surface area contributed by atoms with Gasteiger partial charge in [-0.3, -0.25) is 9.59 Å². The quantitative estimate of drug-likeness (QED) is 0.438. The van der Waals surface area contributed by atoms with Crippen molar-refractivity contribution in [1.82, 2.24) is 9.78 Å². The van der Waals surface area contributed by atoms with E-state index in [1.165, 1.54) is 0 Å². The zero-order chi connectivity index (χ0) is 22.8. The number of amides is 1. The van der Waals surface area contributed by atoms with Gasteiger partial charge in [-0.05, 0) is 50.6 Å². The second-order valence-corrected chi connectivity index (χ2v) is 8.04. The first-order valence-corrected chi connectivity index (χ1v) is 10.6. The number of hydrogen-bond donors (Lipinski definition) is 1. The molecule has 0 unspecified atom stereocenters. The van der Waals surface area contributed by atoms with Crippen molar-refractivity contribution in [3.63, 3.8) is 0 Å². The fourth-order valence-corrected chi connectivity index (χ4v) is 3.77. The standard InChI is InChI=1S/C26H22ClN3O2/c1-16-12-14-19(15-13-16)30-25(28-26(32)20-9-5-4-8-17(20)2)23(24(31)18(3)29-30)21-10-6-7-11-22(21)27/h4-15H,1-3H3,(H,28,32). The number of rotatable bonds is 4. The van der Waals surface area contributed by atoms with Gasteiger partial charge < -0.3 is 5.32 Å². The lowest BCUT2D eigenvalue weighted by Gasteiger charge is -2.19. The molecule has 1 amide bonds. The van der Waals surface area contributed by atoms with Crippen LogP contribution in [0.3, 0.4) is 0 Å². The van der Waals surface area contributed by atoms with Crippen molar-refractivity contribution in [2.75, 3.05) is 5.32 Å². The summed E-state index contributed by atoms with van der Waals surface area (Å²) in [4.78, 5) is 26.5. The van der Waals surface area contributed by atoms with E-state index >= 15 is 0 Å². The second kappa shape index (κ2) is 8.81. The normalized spacial score (nSPS) is 10.8. The SMILES string of the molecule is Cc1ccc(-n2nc(C)c(=O)c(-c3ccccc3Cl)c2NC(=O)c2ccccc2C)cc1. The van der Waals surface area contributed by atoms with Crippen LogP contribution in [0.2, 0.25) is 5.02 Å². The van der Waals surface area contributed by atoms with Crippen LogP contribution in [-0.2, 0) is 0 Å². The average molecular weight is 444 g/mol. The molecule has 1 N–H and O–H groups in total. The van der Waals surface area contributed by atoms with Crippen LogP contribution in [0.25, 0.3) is 16.8 Å². The highest BCUT2D eigenvalue weighted by molar-refractivity contribution is 6.33. The minimum Gasteiger partial charge on any atom is -0.306 e. The maximum Gasteiger partial charge on any atom is 0.257 e. The summed E-state index contributed by atoms with van der Waals surface area (Å²) >= 11 is 6.47. The van der Waals surface area contributed by atoms with Gasteiger partial charge in [0.1, 0.15) is 11.5 Å². The Labute approximate surface area is 191 Å². The van der Waals surface area contributed by atoms with Crippen LogP contribution < -0.4 is 10.7 Å². The second-order valence-electron chi connectivity index (χ2n) is 7.63. The molecule has 0 aliphatic carbocycles. The summed E-state index contributed by atoms with van der Waals surface area (Å²) in [6.45, 7) is 5.51. The van der Waals surface area contributed by atoms with Crippen LogP contribution in [-0.4, -0.2) is 15.7 Å². The molecule has 0 aliphatic rings. The maximum atomic E-state index is 13.3. The number of anilines is 1. The molecular weight excluding hydrogens is 422 g/mol. The molecule has 1 heterocycles. The zero-order valence-electron chi connectivity index (χ0n) is 18.0. The van der Waals surface area contributed by atoms with Gasteiger partial charge in [-0.1, -0.05) is 65.7 Å². The van der Waals surface area contributed by atoms with Gasteiger partial charge >= 0.3 is 0 Å². The largest absolute Gasteiger partial charge is 0.306 e. The van der Waals surface area contributed by atoms with E-state index in [0.717, 1.165) is 11.1 Å². The molecule has 1 aromatic heterocycles. The smallest absolute Gasteiger partial charge is 0.257 e. The third-order valence-electron chi connectivity index (χ3n) is 5.30. The highest BCUT2D eigenvalue weighted by Gasteiger charge is 2.22. The van der Waals surface area contributed by atoms with Gasteiger partial charge in [-0.25, -0.2) is 4.68 Å². The molecule has 0 aliphatic heterocycles. The number of nitrogens with zero attached hydrogens (tertiary/aromatic N) is 2. The van der Waals surface area contributed by atoms with Crippen molar-refractivity contribution in [3.8, 4) is 16.8 Å². The van der Waals surface area contributed by atoms with E-state index in [4.69, 9.17) is 11.6 Å². The van der Waals surface area contributed by atoms with E-state index in [1.807, 2.05) is 50.2 Å². The Balaban J connectivity index is 2.00. The summed E-state index contributed by atoms with van der Waals surface area (Å²) in [6, 6.07) is 22.1. The lowest BCUT2D eigenvalue weighted by Crippen LogP contribution is -2.25. The third-order valence-corrected chi connectivity index (χ3v) is 5.63. The summed E-state index contributed by atoms with van der Waals surface area (Å²) in [5.74, 6) is -0.0619. The molecule has 5 nitrogen and oxygen atoms in total. The van der Waals surface area contributed by atoms with Gasteiger partial charge in [0.25, 0.3) is 5.91 Å². The van der Waals surface area contributed by atoms with Crippen molar-refractivity contribution >= 4 is 23.3 Å². The number of benzene rings is 3. The van der Waals surface area contributed by atoms with Gasteiger partial charge in [-0.15, -0.1) is 0 Å². The van der Waals surface area contributed by atoms with Gasteiger partial charge in [0.05, 0.1) is 11.3 Å². The molecule has 4 aromatic rings. The number of halogens is 1. The Hall–Kier alpha value is -3.70. The molecule has 0 radical (unpaired) electrons. The monoisotopic (exact) mass is 443 g/mol. The molecule has 160 valence electrons. The first kappa shape index (κ1) is 21.5. The number of nitrogens with one attached hydrogen (secondary N) is 1. The van der Waals surface area contributed by atoms with E-state index in [-0.39, 0.29) is 17.2 Å². The first-order valence-electron chi connectivity index (χ1n) is 10.2. The van der Waals surface area contributed by atoms with Crippen LogP contribution in [0.4, 0.5) is 5.82 Å². The highest BCUT2D eigenvalue weighted by atomic mass is 35.5. The number of carbonyl (C=O) groups is 1. The van der Waals surface area contributed by atoms with Crippen molar-refractivity contribution in [1.29, 1.82) is 0 Å². The Morgan fingerprint density at radius 2 is 1.56 bits per heavy atom. The van der Waals surface area contributed by atoms with Crippen LogP contribution in [0.5, 0.6) is 0 Å². The topological polar surface area (TPSA) is 64.0 Å². The third kappa shape index (κ3) is 4.07. The molecule has 0 saturated heterocycles. The fourth-order valence-electron chi connectivity index (χ4n) is 3.54. The van der Waals surface area contributed by atoms with E-state index in [9.17, 15) is 9.59 Å². The molecule has 0 spiro atoms. The zero-order valence-corrected chi connectivity index (χ0v) is 18.8. The molecule has 6 heteroatoms. The summed E-state index contributed by atoms with van der Waals surface area (Å²) in [5.41, 5.74) is 3.98. The lowest BCUT2D eigenvalue weighted by molar-refractivity contribution is 0.102. The van der Waals surface area contributed by atoms with Crippen molar-refractivity contribution in [3.05, 3.63) is 110 Å². The maximum absolute atomic E-state index is 13.3. The van der Waals surface area contributed by atoms with E-state index < -0.39 is 0 Å². The Morgan fingerprint density at radius 3 is 2.25 bits per heavy atom. The lowest BCUT2D eigenvalue weighted by atomic mass is 10.0. The molecule has 0 atom stereocenters. The minimum absolute atomic E-state index is 0.269. The first-order chi connectivity index (χ1) is 15.4. The Kier molecular flexibility index (Phi) is 5.93.